The van der Waals surface area contributed by atoms with Crippen molar-refractivity contribution in [3.63, 3.8) is 0 Å². The second-order valence-corrected chi connectivity index (χ2v) is 10.1. The number of nitrogens with zero attached hydrogens (tertiary/aromatic N) is 3. The average molecular weight is 444 g/mol. The molecule has 1 aliphatic heterocycles. The summed E-state index contributed by atoms with van der Waals surface area (Å²) in [4.78, 5) is 14.7. The molecule has 2 heterocycles. The van der Waals surface area contributed by atoms with E-state index < -0.39 is 0 Å². The van der Waals surface area contributed by atoms with Crippen LogP contribution in [0.2, 0.25) is 0 Å². The van der Waals surface area contributed by atoms with Gasteiger partial charge in [0.1, 0.15) is 5.75 Å². The van der Waals surface area contributed by atoms with Gasteiger partial charge in [-0.1, -0.05) is 65.2 Å². The zero-order chi connectivity index (χ0) is 20.2. The van der Waals surface area contributed by atoms with Gasteiger partial charge in [0.25, 0.3) is 0 Å². The Balaban J connectivity index is 1.30. The van der Waals surface area contributed by atoms with E-state index in [0.29, 0.717) is 5.75 Å². The molecule has 0 radical (unpaired) electrons. The summed E-state index contributed by atoms with van der Waals surface area (Å²) in [5, 5.41) is 8.49. The first kappa shape index (κ1) is 20.3. The maximum absolute atomic E-state index is 12.8. The molecule has 150 valence electrons. The fourth-order valence-electron chi connectivity index (χ4n) is 3.32. The van der Waals surface area contributed by atoms with Crippen LogP contribution in [0.1, 0.15) is 18.1 Å². The minimum Gasteiger partial charge on any atom is -0.497 e. The Kier molecular flexibility index (Phi) is 6.42. The third kappa shape index (κ3) is 4.76. The number of ether oxygens (including phenoxy) is 1. The molecule has 1 atom stereocenters. The van der Waals surface area contributed by atoms with Gasteiger partial charge < -0.3 is 9.64 Å². The number of methoxy groups -OCH3 is 1. The number of thioether (sulfide) groups is 2. The van der Waals surface area contributed by atoms with Crippen LogP contribution in [0.3, 0.4) is 0 Å². The molecule has 0 N–H and O–H groups in total. The Bertz CT molecular complexity index is 991. The van der Waals surface area contributed by atoms with Crippen molar-refractivity contribution in [1.82, 2.24) is 10.2 Å². The van der Waals surface area contributed by atoms with Crippen molar-refractivity contribution in [2.24, 2.45) is 0 Å². The molecule has 2 aromatic carbocycles. The minimum absolute atomic E-state index is 0.120. The topological polar surface area (TPSA) is 55.3 Å². The normalized spacial score (nSPS) is 15.4. The number of amides is 1. The molecular formula is C21H21N3O2S3. The maximum Gasteiger partial charge on any atom is 0.237 e. The molecule has 0 unspecified atom stereocenters. The Morgan fingerprint density at radius 3 is 2.62 bits per heavy atom. The van der Waals surface area contributed by atoms with E-state index >= 15 is 0 Å². The number of fused-ring (bicyclic) bond motifs is 1. The summed E-state index contributed by atoms with van der Waals surface area (Å²) in [7, 11) is 1.66. The van der Waals surface area contributed by atoms with Crippen LogP contribution in [-0.2, 0) is 17.0 Å². The summed E-state index contributed by atoms with van der Waals surface area (Å²) in [5.41, 5.74) is 3.49. The molecule has 4 rings (SSSR count). The van der Waals surface area contributed by atoms with Gasteiger partial charge in [0.05, 0.1) is 12.9 Å². The second-order valence-electron chi connectivity index (χ2n) is 6.70. The lowest BCUT2D eigenvalue weighted by Crippen LogP contribution is -2.36. The molecule has 0 aliphatic carbocycles. The van der Waals surface area contributed by atoms with E-state index in [-0.39, 0.29) is 11.9 Å². The van der Waals surface area contributed by atoms with Crippen LogP contribution in [0, 0.1) is 0 Å². The van der Waals surface area contributed by atoms with Crippen molar-refractivity contribution in [3.05, 3.63) is 59.7 Å². The molecule has 8 heteroatoms. The first-order valence-electron chi connectivity index (χ1n) is 9.26. The van der Waals surface area contributed by atoms with Crippen LogP contribution >= 0.6 is 34.9 Å². The highest BCUT2D eigenvalue weighted by Gasteiger charge is 2.30. The number of benzene rings is 2. The van der Waals surface area contributed by atoms with Crippen molar-refractivity contribution in [1.29, 1.82) is 0 Å². The Hall–Kier alpha value is -2.03. The number of rotatable bonds is 7. The largest absolute Gasteiger partial charge is 0.497 e. The highest BCUT2D eigenvalue weighted by Crippen LogP contribution is 2.34. The van der Waals surface area contributed by atoms with Gasteiger partial charge in [0.2, 0.25) is 5.91 Å². The molecule has 0 spiro atoms. The lowest BCUT2D eigenvalue weighted by Gasteiger charge is -2.22. The van der Waals surface area contributed by atoms with E-state index in [0.717, 1.165) is 32.3 Å². The molecule has 0 fully saturated rings. The maximum atomic E-state index is 12.8. The number of hydrogen-bond donors (Lipinski definition) is 0. The molecule has 1 aliphatic rings. The standard InChI is InChI=1S/C21H21N3O2S3/c1-14-11-16-5-3-4-6-18(16)24(14)19(25)13-28-21-23-22-20(29-21)27-12-15-7-9-17(26-2)10-8-15/h3-10,14H,11-13H2,1-2H3/t14-/m0/s1. The quantitative estimate of drug-likeness (QED) is 0.484. The van der Waals surface area contributed by atoms with Crippen molar-refractivity contribution >= 4 is 46.5 Å². The summed E-state index contributed by atoms with van der Waals surface area (Å²) in [6, 6.07) is 16.4. The molecular weight excluding hydrogens is 422 g/mol. The Labute approximate surface area is 182 Å². The van der Waals surface area contributed by atoms with E-state index in [4.69, 9.17) is 4.74 Å². The fraction of sp³-hybridized carbons (Fsp3) is 0.286. The number of para-hydroxylation sites is 1. The van der Waals surface area contributed by atoms with E-state index in [1.807, 2.05) is 35.2 Å². The predicted molar refractivity (Wildman–Crippen MR) is 120 cm³/mol. The Morgan fingerprint density at radius 1 is 1.14 bits per heavy atom. The van der Waals surface area contributed by atoms with Gasteiger partial charge >= 0.3 is 0 Å². The van der Waals surface area contributed by atoms with Gasteiger partial charge in [-0.15, -0.1) is 10.2 Å². The van der Waals surface area contributed by atoms with Gasteiger partial charge in [-0.05, 0) is 42.7 Å². The van der Waals surface area contributed by atoms with E-state index in [2.05, 4.69) is 35.3 Å². The lowest BCUT2D eigenvalue weighted by molar-refractivity contribution is -0.116. The lowest BCUT2D eigenvalue weighted by atomic mass is 10.1. The summed E-state index contributed by atoms with van der Waals surface area (Å²) in [6.45, 7) is 2.10. The predicted octanol–water partition coefficient (Wildman–Crippen LogP) is 4.91. The van der Waals surface area contributed by atoms with Crippen molar-refractivity contribution in [3.8, 4) is 5.75 Å². The smallest absolute Gasteiger partial charge is 0.237 e. The van der Waals surface area contributed by atoms with E-state index in [1.54, 1.807) is 18.9 Å². The summed E-state index contributed by atoms with van der Waals surface area (Å²) in [6.07, 6.45) is 0.914. The number of aromatic nitrogens is 2. The first-order valence-corrected chi connectivity index (χ1v) is 12.0. The number of carbonyl (C=O) groups is 1. The highest BCUT2D eigenvalue weighted by molar-refractivity contribution is 8.03. The van der Waals surface area contributed by atoms with Crippen LogP contribution in [0.5, 0.6) is 5.75 Å². The molecule has 1 aromatic heterocycles. The van der Waals surface area contributed by atoms with Crippen molar-refractivity contribution in [2.45, 2.75) is 33.8 Å². The van der Waals surface area contributed by atoms with E-state index in [9.17, 15) is 4.79 Å². The second kappa shape index (κ2) is 9.19. The molecule has 0 saturated heterocycles. The molecule has 0 saturated carbocycles. The van der Waals surface area contributed by atoms with Crippen LogP contribution in [0.25, 0.3) is 0 Å². The number of hydrogen-bond acceptors (Lipinski definition) is 7. The third-order valence-electron chi connectivity index (χ3n) is 4.70. The average Bonchev–Trinajstić information content (AvgIpc) is 3.34. The molecule has 1 amide bonds. The van der Waals surface area contributed by atoms with Crippen LogP contribution in [0.4, 0.5) is 5.69 Å². The van der Waals surface area contributed by atoms with Gasteiger partial charge in [-0.2, -0.15) is 0 Å². The van der Waals surface area contributed by atoms with Crippen molar-refractivity contribution < 1.29 is 9.53 Å². The molecule has 29 heavy (non-hydrogen) atoms. The summed E-state index contributed by atoms with van der Waals surface area (Å²) >= 11 is 4.66. The van der Waals surface area contributed by atoms with Crippen molar-refractivity contribution in [2.75, 3.05) is 17.8 Å². The number of carbonyl (C=O) groups excluding carboxylic acids is 1. The molecule has 5 nitrogen and oxygen atoms in total. The Morgan fingerprint density at radius 2 is 1.86 bits per heavy atom. The number of anilines is 1. The monoisotopic (exact) mass is 443 g/mol. The van der Waals surface area contributed by atoms with Gasteiger partial charge in [0, 0.05) is 17.5 Å². The highest BCUT2D eigenvalue weighted by atomic mass is 32.2. The summed E-state index contributed by atoms with van der Waals surface area (Å²) < 4.78 is 6.93. The van der Waals surface area contributed by atoms with Crippen LogP contribution in [0.15, 0.2) is 57.2 Å². The zero-order valence-corrected chi connectivity index (χ0v) is 18.6. The summed E-state index contributed by atoms with van der Waals surface area (Å²) in [5.74, 6) is 2.17. The fourth-order valence-corrected chi connectivity index (χ4v) is 6.15. The van der Waals surface area contributed by atoms with Gasteiger partial charge in [0.15, 0.2) is 8.68 Å². The van der Waals surface area contributed by atoms with Crippen LogP contribution < -0.4 is 9.64 Å². The third-order valence-corrected chi connectivity index (χ3v) is 7.95. The van der Waals surface area contributed by atoms with Gasteiger partial charge in [-0.3, -0.25) is 4.79 Å². The van der Waals surface area contributed by atoms with E-state index in [1.165, 1.54) is 34.2 Å². The first-order chi connectivity index (χ1) is 14.1. The van der Waals surface area contributed by atoms with Gasteiger partial charge in [-0.25, -0.2) is 0 Å². The molecule has 3 aromatic rings. The van der Waals surface area contributed by atoms with Crippen LogP contribution in [-0.4, -0.2) is 35.0 Å². The molecule has 0 bridgehead atoms. The zero-order valence-electron chi connectivity index (χ0n) is 16.2. The minimum atomic E-state index is 0.120. The SMILES string of the molecule is COc1ccc(CSc2nnc(SCC(=O)N3c4ccccc4C[C@@H]3C)s2)cc1.